The highest BCUT2D eigenvalue weighted by molar-refractivity contribution is 9.09. The van der Waals surface area contributed by atoms with Gasteiger partial charge in [-0.2, -0.15) is 0 Å². The van der Waals surface area contributed by atoms with E-state index in [1.807, 2.05) is 0 Å². The molecule has 0 saturated heterocycles. The van der Waals surface area contributed by atoms with Crippen LogP contribution >= 0.6 is 50.7 Å². The minimum Gasteiger partial charge on any atom is -0.312 e. The molecule has 20 heavy (non-hydrogen) atoms. The Morgan fingerprint density at radius 3 is 2.70 bits per heavy atom. The van der Waals surface area contributed by atoms with E-state index in [9.17, 15) is 14.7 Å². The lowest BCUT2D eigenvalue weighted by molar-refractivity contribution is -0.380. The van der Waals surface area contributed by atoms with Crippen molar-refractivity contribution in [3.05, 3.63) is 27.1 Å². The third kappa shape index (κ3) is 6.32. The van der Waals surface area contributed by atoms with Gasteiger partial charge in [-0.3, -0.25) is 14.7 Å². The zero-order valence-corrected chi connectivity index (χ0v) is 15.5. The highest BCUT2D eigenvalue weighted by Crippen LogP contribution is 2.44. The second kappa shape index (κ2) is 9.27. The summed E-state index contributed by atoms with van der Waals surface area (Å²) in [5.41, 5.74) is 0. The first-order valence-corrected chi connectivity index (χ1v) is 10.7. The molecule has 6 nitrogen and oxygen atoms in total. The molecule has 0 fully saturated rings. The molecule has 1 aromatic rings. The first-order valence-electron chi connectivity index (χ1n) is 5.84. The van der Waals surface area contributed by atoms with E-state index in [4.69, 9.17) is 4.52 Å². The van der Waals surface area contributed by atoms with E-state index in [0.717, 1.165) is 23.1 Å². The Morgan fingerprint density at radius 2 is 2.15 bits per heavy atom. The number of thiophene rings is 1. The Kier molecular flexibility index (Phi) is 8.47. The number of alkyl halides is 2. The molecule has 0 bridgehead atoms. The van der Waals surface area contributed by atoms with E-state index in [2.05, 4.69) is 36.9 Å². The largest absolute Gasteiger partial charge is 0.324 e. The fourth-order valence-electron chi connectivity index (χ4n) is 1.38. The average Bonchev–Trinajstić information content (AvgIpc) is 2.90. The van der Waals surface area contributed by atoms with E-state index < -0.39 is 12.4 Å². The third-order valence-corrected chi connectivity index (χ3v) is 6.40. The lowest BCUT2D eigenvalue weighted by Crippen LogP contribution is -2.17. The molecule has 0 aromatic carbocycles. The molecule has 0 aliphatic carbocycles. The maximum atomic E-state index is 12.5. The summed E-state index contributed by atoms with van der Waals surface area (Å²) in [4.78, 5) is 10.8. The molecule has 1 aromatic heterocycles. The van der Waals surface area contributed by atoms with E-state index in [1.165, 1.54) is 6.07 Å². The number of halogens is 2. The van der Waals surface area contributed by atoms with Crippen molar-refractivity contribution in [2.45, 2.75) is 13.0 Å². The second-order valence-corrected chi connectivity index (χ2v) is 8.91. The van der Waals surface area contributed by atoms with Gasteiger partial charge in [-0.05, 0) is 12.5 Å². The van der Waals surface area contributed by atoms with Crippen LogP contribution in [-0.2, 0) is 15.7 Å². The van der Waals surface area contributed by atoms with E-state index in [1.54, 1.807) is 6.07 Å². The number of rotatable bonds is 10. The van der Waals surface area contributed by atoms with Crippen LogP contribution in [0.15, 0.2) is 12.1 Å². The second-order valence-electron chi connectivity index (χ2n) is 3.81. The Labute approximate surface area is 138 Å². The highest BCUT2D eigenvalue weighted by Gasteiger charge is 2.22. The molecular formula is C10H15Br2N2O4PS. The quantitative estimate of drug-likeness (QED) is 0.251. The summed E-state index contributed by atoms with van der Waals surface area (Å²) in [6.45, 7) is 0.664. The van der Waals surface area contributed by atoms with Gasteiger partial charge < -0.3 is 4.52 Å². The van der Waals surface area contributed by atoms with Gasteiger partial charge in [-0.25, -0.2) is 5.09 Å². The van der Waals surface area contributed by atoms with Crippen LogP contribution in [-0.4, -0.2) is 28.3 Å². The zero-order valence-electron chi connectivity index (χ0n) is 10.6. The Hall–Kier alpha value is 0.210. The van der Waals surface area contributed by atoms with Crippen LogP contribution in [0.1, 0.15) is 11.3 Å². The predicted molar refractivity (Wildman–Crippen MR) is 88.4 cm³/mol. The molecule has 0 amide bonds. The van der Waals surface area contributed by atoms with Crippen molar-refractivity contribution in [1.82, 2.24) is 5.09 Å². The van der Waals surface area contributed by atoms with Crippen molar-refractivity contribution < 1.29 is 14.0 Å². The fraction of sp³-hybridized carbons (Fsp3) is 0.600. The Bertz CT molecular complexity index is 474. The van der Waals surface area contributed by atoms with Crippen molar-refractivity contribution in [3.8, 4) is 0 Å². The van der Waals surface area contributed by atoms with Crippen molar-refractivity contribution in [2.24, 2.45) is 0 Å². The Balaban J connectivity index is 2.59. The van der Waals surface area contributed by atoms with Crippen molar-refractivity contribution in [2.75, 3.05) is 23.4 Å². The number of nitro groups is 1. The minimum absolute atomic E-state index is 0.0623. The van der Waals surface area contributed by atoms with Crippen molar-refractivity contribution in [1.29, 1.82) is 0 Å². The summed E-state index contributed by atoms with van der Waals surface area (Å²) >= 11 is 7.60. The van der Waals surface area contributed by atoms with Gasteiger partial charge in [-0.1, -0.05) is 43.2 Å². The molecule has 0 radical (unpaired) electrons. The van der Waals surface area contributed by atoms with E-state index >= 15 is 0 Å². The summed E-state index contributed by atoms with van der Waals surface area (Å²) in [5.74, 6) is 0. The molecule has 1 rings (SSSR count). The lowest BCUT2D eigenvalue weighted by atomic mass is 10.5. The monoisotopic (exact) mass is 448 g/mol. The minimum atomic E-state index is -2.91. The molecule has 1 N–H and O–H groups in total. The van der Waals surface area contributed by atoms with Gasteiger partial charge in [0.05, 0.1) is 11.5 Å². The van der Waals surface area contributed by atoms with Crippen LogP contribution < -0.4 is 5.09 Å². The first kappa shape index (κ1) is 18.3. The van der Waals surface area contributed by atoms with Crippen molar-refractivity contribution >= 4 is 55.7 Å². The average molecular weight is 450 g/mol. The zero-order chi connectivity index (χ0) is 15.0. The van der Waals surface area contributed by atoms with Gasteiger partial charge in [0, 0.05) is 34.3 Å². The smallest absolute Gasteiger partial charge is 0.312 e. The molecule has 1 unspecified atom stereocenters. The lowest BCUT2D eigenvalue weighted by Gasteiger charge is -2.18. The fourth-order valence-corrected chi connectivity index (χ4v) is 5.17. The van der Waals surface area contributed by atoms with Crippen LogP contribution in [0.25, 0.3) is 0 Å². The maximum Gasteiger partial charge on any atom is 0.324 e. The molecule has 1 heterocycles. The van der Waals surface area contributed by atoms with Crippen LogP contribution in [0.3, 0.4) is 0 Å². The van der Waals surface area contributed by atoms with Gasteiger partial charge in [0.15, 0.2) is 0 Å². The van der Waals surface area contributed by atoms with E-state index in [-0.39, 0.29) is 11.6 Å². The van der Waals surface area contributed by atoms with Gasteiger partial charge in [0.2, 0.25) is 0 Å². The van der Waals surface area contributed by atoms with Crippen molar-refractivity contribution in [3.63, 3.8) is 0 Å². The molecule has 0 aliphatic heterocycles. The van der Waals surface area contributed by atoms with Gasteiger partial charge in [-0.15, -0.1) is 0 Å². The normalized spacial score (nSPS) is 14.1. The first-order chi connectivity index (χ1) is 9.50. The maximum absolute atomic E-state index is 12.5. The summed E-state index contributed by atoms with van der Waals surface area (Å²) < 4.78 is 18.0. The number of nitrogens with one attached hydrogen (secondary N) is 1. The number of hydrogen-bond donors (Lipinski definition) is 1. The molecule has 114 valence electrons. The number of hydrogen-bond acceptors (Lipinski definition) is 5. The summed E-state index contributed by atoms with van der Waals surface area (Å²) in [6, 6.07) is 3.06. The Morgan fingerprint density at radius 1 is 1.40 bits per heavy atom. The van der Waals surface area contributed by atoms with Crippen LogP contribution in [0.5, 0.6) is 0 Å². The van der Waals surface area contributed by atoms with Crippen LogP contribution in [0, 0.1) is 10.1 Å². The van der Waals surface area contributed by atoms with E-state index in [0.29, 0.717) is 22.9 Å². The number of nitrogens with zero attached hydrogens (tertiary/aromatic N) is 1. The van der Waals surface area contributed by atoms with Crippen LogP contribution in [0.2, 0.25) is 0 Å². The predicted octanol–water partition coefficient (Wildman–Crippen LogP) is 4.14. The molecule has 1 atom stereocenters. The molecule has 0 saturated carbocycles. The van der Waals surface area contributed by atoms with Gasteiger partial charge in [0.25, 0.3) is 7.52 Å². The van der Waals surface area contributed by atoms with Gasteiger partial charge >= 0.3 is 5.00 Å². The van der Waals surface area contributed by atoms with Crippen LogP contribution in [0.4, 0.5) is 5.00 Å². The molecule has 10 heteroatoms. The summed E-state index contributed by atoms with van der Waals surface area (Å²) in [6.07, 6.45) is 1.16. The molecule has 0 aliphatic rings. The summed E-state index contributed by atoms with van der Waals surface area (Å²) in [5, 5.41) is 15.0. The molecule has 0 spiro atoms. The van der Waals surface area contributed by atoms with Gasteiger partial charge in [0.1, 0.15) is 0 Å². The topological polar surface area (TPSA) is 81.5 Å². The summed E-state index contributed by atoms with van der Waals surface area (Å²) in [7, 11) is -2.91. The third-order valence-electron chi connectivity index (χ3n) is 2.28. The highest BCUT2D eigenvalue weighted by atomic mass is 79.9. The molecular weight excluding hydrogens is 435 g/mol. The standard InChI is InChI=1S/C10H15Br2N2O4PS/c11-4-1-7-19(17,13-6-5-12)18-8-9-2-3-10(20-9)14(15)16/h2-3H,1,4-8H2,(H,13,17). The SMILES string of the molecule is O=[N+]([O-])c1ccc(COP(=O)(CCCBr)NCCBr)s1.